The summed E-state index contributed by atoms with van der Waals surface area (Å²) < 4.78 is 15.9. The van der Waals surface area contributed by atoms with Crippen LogP contribution in [0.1, 0.15) is 18.4 Å². The van der Waals surface area contributed by atoms with Crippen molar-refractivity contribution in [1.29, 1.82) is 0 Å². The highest BCUT2D eigenvalue weighted by Gasteiger charge is 2.48. The molecule has 0 aliphatic carbocycles. The van der Waals surface area contributed by atoms with Gasteiger partial charge in [-0.1, -0.05) is 17.7 Å². The van der Waals surface area contributed by atoms with Gasteiger partial charge in [-0.2, -0.15) is 0 Å². The number of nitrogens with zero attached hydrogens (tertiary/aromatic N) is 1. The third-order valence-corrected chi connectivity index (χ3v) is 5.65. The van der Waals surface area contributed by atoms with Crippen LogP contribution < -0.4 is 0 Å². The molecule has 0 spiro atoms. The quantitative estimate of drug-likeness (QED) is 0.398. The lowest BCUT2D eigenvalue weighted by Crippen LogP contribution is -2.60. The lowest BCUT2D eigenvalue weighted by atomic mass is 9.98. The summed E-state index contributed by atoms with van der Waals surface area (Å²) in [6.45, 7) is 1.54. The van der Waals surface area contributed by atoms with Crippen LogP contribution in [0.4, 0.5) is 0 Å². The minimum atomic E-state index is -1.88. The number of esters is 1. The average molecular weight is 478 g/mol. The first kappa shape index (κ1) is 23.1. The number of carbonyl (C=O) groups excluding carboxylic acids is 1. The van der Waals surface area contributed by atoms with Crippen LogP contribution in [0.25, 0.3) is 22.6 Å². The molecule has 0 saturated carbocycles. The predicted octanol–water partition coefficient (Wildman–Crippen LogP) is 1.69. The maximum atomic E-state index is 12.7. The van der Waals surface area contributed by atoms with Crippen LogP contribution in [0, 0.1) is 0 Å². The summed E-state index contributed by atoms with van der Waals surface area (Å²) >= 11 is 5.91. The molecule has 11 heteroatoms. The summed E-state index contributed by atoms with van der Waals surface area (Å²) in [4.78, 5) is 28.3. The number of carboxylic acids is 1. The Bertz CT molecular complexity index is 1180. The van der Waals surface area contributed by atoms with E-state index in [4.69, 9.17) is 30.6 Å². The Morgan fingerprint density at radius 3 is 2.42 bits per heavy atom. The molecule has 0 amide bonds. The van der Waals surface area contributed by atoms with E-state index in [1.807, 2.05) is 0 Å². The Hall–Kier alpha value is -3.02. The molecule has 4 rings (SSSR count). The number of aromatic nitrogens is 1. The molecule has 2 heterocycles. The number of ether oxygens (including phenoxy) is 2. The minimum absolute atomic E-state index is 0.375. The molecule has 6 atom stereocenters. The van der Waals surface area contributed by atoms with Crippen molar-refractivity contribution >= 4 is 34.6 Å². The van der Waals surface area contributed by atoms with Crippen LogP contribution in [-0.2, 0) is 19.1 Å². The first-order valence-electron chi connectivity index (χ1n) is 9.95. The Morgan fingerprint density at radius 2 is 1.76 bits per heavy atom. The van der Waals surface area contributed by atoms with Crippen LogP contribution >= 0.6 is 11.6 Å². The standard InChI is InChI=1S/C22H20ClNO9/c1-9(21(30)33-22-17(27)15(25)16(26)18(32-22)20(28)29)11-4-7-14-13(8-11)24-19(31-14)10-2-5-12(23)6-3-10/h2-9,15-18,22,25-27H,1H3,(H,28,29). The zero-order chi connectivity index (χ0) is 23.9. The maximum Gasteiger partial charge on any atom is 0.335 e. The molecule has 4 N–H and O–H groups in total. The molecular weight excluding hydrogens is 458 g/mol. The first-order chi connectivity index (χ1) is 15.7. The second-order valence-corrected chi connectivity index (χ2v) is 8.08. The maximum absolute atomic E-state index is 12.7. The fourth-order valence-electron chi connectivity index (χ4n) is 3.43. The van der Waals surface area contributed by atoms with E-state index in [2.05, 4.69) is 4.98 Å². The highest BCUT2D eigenvalue weighted by Crippen LogP contribution is 2.29. The normalized spacial score (nSPS) is 26.2. The Kier molecular flexibility index (Phi) is 6.37. The summed E-state index contributed by atoms with van der Waals surface area (Å²) in [5.74, 6) is -2.89. The van der Waals surface area contributed by atoms with Gasteiger partial charge in [0.2, 0.25) is 12.2 Å². The van der Waals surface area contributed by atoms with Gasteiger partial charge in [-0.05, 0) is 48.9 Å². The van der Waals surface area contributed by atoms with Gasteiger partial charge < -0.3 is 34.3 Å². The minimum Gasteiger partial charge on any atom is -0.479 e. The number of oxazole rings is 1. The van der Waals surface area contributed by atoms with Crippen LogP contribution in [-0.4, -0.2) is 68.1 Å². The smallest absolute Gasteiger partial charge is 0.335 e. The van der Waals surface area contributed by atoms with Crippen molar-refractivity contribution in [3.05, 3.63) is 53.1 Å². The number of rotatable bonds is 5. The molecule has 1 fully saturated rings. The molecular formula is C22H20ClNO9. The Labute approximate surface area is 191 Å². The summed E-state index contributed by atoms with van der Waals surface area (Å²) in [6.07, 6.45) is -9.22. The molecule has 0 radical (unpaired) electrons. The van der Waals surface area contributed by atoms with Crippen molar-refractivity contribution in [3.63, 3.8) is 0 Å². The topological polar surface area (TPSA) is 160 Å². The Morgan fingerprint density at radius 1 is 1.06 bits per heavy atom. The molecule has 2 aromatic carbocycles. The van der Waals surface area contributed by atoms with Crippen molar-refractivity contribution in [1.82, 2.24) is 4.98 Å². The van der Waals surface area contributed by atoms with Gasteiger partial charge in [0.1, 0.15) is 23.8 Å². The number of aliphatic carboxylic acids is 1. The Balaban J connectivity index is 1.51. The molecule has 1 aromatic heterocycles. The van der Waals surface area contributed by atoms with Crippen LogP contribution in [0.2, 0.25) is 5.02 Å². The zero-order valence-corrected chi connectivity index (χ0v) is 17.9. The number of hydrogen-bond donors (Lipinski definition) is 4. The van der Waals surface area contributed by atoms with Gasteiger partial charge in [-0.25, -0.2) is 9.78 Å². The third kappa shape index (κ3) is 4.56. The van der Waals surface area contributed by atoms with E-state index in [1.54, 1.807) is 49.4 Å². The fraction of sp³-hybridized carbons (Fsp3) is 0.318. The van der Waals surface area contributed by atoms with E-state index in [9.17, 15) is 24.9 Å². The van der Waals surface area contributed by atoms with Crippen molar-refractivity contribution in [2.75, 3.05) is 0 Å². The lowest BCUT2D eigenvalue weighted by molar-refractivity contribution is -0.286. The van der Waals surface area contributed by atoms with Crippen LogP contribution in [0.5, 0.6) is 0 Å². The molecule has 6 unspecified atom stereocenters. The van der Waals surface area contributed by atoms with E-state index in [0.29, 0.717) is 27.6 Å². The lowest BCUT2D eigenvalue weighted by Gasteiger charge is -2.38. The van der Waals surface area contributed by atoms with Gasteiger partial charge in [0.25, 0.3) is 0 Å². The SMILES string of the molecule is CC(C(=O)OC1OC(C(=O)O)C(O)C(O)C1O)c1ccc2oc(-c3ccc(Cl)cc3)nc2c1. The zero-order valence-electron chi connectivity index (χ0n) is 17.2. The van der Waals surface area contributed by atoms with Crippen molar-refractivity contribution in [3.8, 4) is 11.5 Å². The number of benzene rings is 2. The van der Waals surface area contributed by atoms with Gasteiger partial charge in [0.05, 0.1) is 5.92 Å². The largest absolute Gasteiger partial charge is 0.479 e. The van der Waals surface area contributed by atoms with Gasteiger partial charge in [-0.15, -0.1) is 0 Å². The summed E-state index contributed by atoms with van der Waals surface area (Å²) in [6, 6.07) is 11.9. The number of hydrogen-bond acceptors (Lipinski definition) is 9. The highest BCUT2D eigenvalue weighted by molar-refractivity contribution is 6.30. The molecule has 1 aliphatic heterocycles. The van der Waals surface area contributed by atoms with E-state index in [0.717, 1.165) is 5.56 Å². The molecule has 10 nitrogen and oxygen atoms in total. The molecule has 33 heavy (non-hydrogen) atoms. The van der Waals surface area contributed by atoms with Crippen LogP contribution in [0.3, 0.4) is 0 Å². The molecule has 1 saturated heterocycles. The molecule has 1 aliphatic rings. The van der Waals surface area contributed by atoms with Gasteiger partial charge in [0.15, 0.2) is 11.7 Å². The fourth-order valence-corrected chi connectivity index (χ4v) is 3.56. The third-order valence-electron chi connectivity index (χ3n) is 5.40. The van der Waals surface area contributed by atoms with Crippen molar-refractivity contribution in [2.45, 2.75) is 43.5 Å². The van der Waals surface area contributed by atoms with Gasteiger partial charge in [0, 0.05) is 10.6 Å². The monoisotopic (exact) mass is 477 g/mol. The van der Waals surface area contributed by atoms with E-state index in [1.165, 1.54) is 0 Å². The van der Waals surface area contributed by atoms with Crippen LogP contribution in [0.15, 0.2) is 46.9 Å². The van der Waals surface area contributed by atoms with E-state index < -0.39 is 48.6 Å². The molecule has 174 valence electrons. The summed E-state index contributed by atoms with van der Waals surface area (Å²) in [5, 5.41) is 39.3. The number of carbonyl (C=O) groups is 2. The number of halogens is 1. The number of fused-ring (bicyclic) bond motifs is 1. The number of aliphatic hydroxyl groups is 3. The second kappa shape index (κ2) is 9.08. The molecule has 3 aromatic rings. The van der Waals surface area contributed by atoms with Gasteiger partial charge >= 0.3 is 11.9 Å². The molecule has 0 bridgehead atoms. The summed E-state index contributed by atoms with van der Waals surface area (Å²) in [7, 11) is 0. The predicted molar refractivity (Wildman–Crippen MR) is 113 cm³/mol. The average Bonchev–Trinajstić information content (AvgIpc) is 3.22. The van der Waals surface area contributed by atoms with E-state index in [-0.39, 0.29) is 0 Å². The highest BCUT2D eigenvalue weighted by atomic mass is 35.5. The summed E-state index contributed by atoms with van der Waals surface area (Å²) in [5.41, 5.74) is 2.23. The van der Waals surface area contributed by atoms with Crippen molar-refractivity contribution in [2.24, 2.45) is 0 Å². The van der Waals surface area contributed by atoms with Crippen molar-refractivity contribution < 1.29 is 43.9 Å². The number of carboxylic acid groups (broad SMARTS) is 1. The van der Waals surface area contributed by atoms with E-state index >= 15 is 0 Å². The number of aliphatic hydroxyl groups excluding tert-OH is 3. The van der Waals surface area contributed by atoms with Gasteiger partial charge in [-0.3, -0.25) is 4.79 Å². The second-order valence-electron chi connectivity index (χ2n) is 7.65. The first-order valence-corrected chi connectivity index (χ1v) is 10.3.